The molecule has 0 bridgehead atoms. The Morgan fingerprint density at radius 3 is 1.80 bits per heavy atom. The topological polar surface area (TPSA) is 27.7 Å². The first kappa shape index (κ1) is 24.0. The Kier molecular flexibility index (Phi) is 9.43. The first-order valence-electron chi connectivity index (χ1n) is 12.3. The van der Waals surface area contributed by atoms with Gasteiger partial charge in [0.2, 0.25) is 0 Å². The molecule has 170 valence electrons. The Hall–Kier alpha value is -0.683. The van der Waals surface area contributed by atoms with Crippen LogP contribution >= 0.6 is 0 Å². The molecule has 30 heavy (non-hydrogen) atoms. The van der Waals surface area contributed by atoms with E-state index in [1.54, 1.807) is 26.9 Å². The molecule has 2 saturated carbocycles. The molecule has 0 N–H and O–H groups in total. The van der Waals surface area contributed by atoms with Crippen molar-refractivity contribution >= 4 is 8.80 Å². The highest BCUT2D eigenvalue weighted by atomic mass is 28.4. The largest absolute Gasteiger partial charge is 0.500 e. The molecule has 2 aliphatic carbocycles. The second-order valence-electron chi connectivity index (χ2n) is 9.84. The minimum absolute atomic E-state index is 0.806. The summed E-state index contributed by atoms with van der Waals surface area (Å²) >= 11 is 0. The molecule has 0 unspecified atom stereocenters. The number of aryl methyl sites for hydroxylation is 1. The van der Waals surface area contributed by atoms with Crippen molar-refractivity contribution in [2.24, 2.45) is 17.8 Å². The maximum atomic E-state index is 5.54. The molecule has 0 heterocycles. The molecule has 1 aromatic carbocycles. The van der Waals surface area contributed by atoms with Crippen molar-refractivity contribution in [2.75, 3.05) is 21.3 Å². The van der Waals surface area contributed by atoms with Crippen LogP contribution in [0.3, 0.4) is 0 Å². The van der Waals surface area contributed by atoms with Gasteiger partial charge in [-0.25, -0.2) is 0 Å². The van der Waals surface area contributed by atoms with Crippen LogP contribution in [0.15, 0.2) is 24.3 Å². The minimum atomic E-state index is -2.37. The lowest BCUT2D eigenvalue weighted by molar-refractivity contribution is 0.122. The van der Waals surface area contributed by atoms with Crippen LogP contribution < -0.4 is 0 Å². The third kappa shape index (κ3) is 6.41. The fourth-order valence-electron chi connectivity index (χ4n) is 6.04. The molecule has 1 aromatic rings. The summed E-state index contributed by atoms with van der Waals surface area (Å²) in [6.45, 7) is 2.19. The molecule has 4 heteroatoms. The van der Waals surface area contributed by atoms with E-state index in [9.17, 15) is 0 Å². The molecule has 0 atom stereocenters. The Morgan fingerprint density at radius 1 is 0.733 bits per heavy atom. The van der Waals surface area contributed by atoms with Gasteiger partial charge in [0, 0.05) is 27.4 Å². The van der Waals surface area contributed by atoms with Crippen molar-refractivity contribution in [1.29, 1.82) is 0 Å². The molecular weight excluding hydrogens is 388 g/mol. The summed E-state index contributed by atoms with van der Waals surface area (Å²) in [5.41, 5.74) is 2.95. The maximum Gasteiger partial charge on any atom is 0.500 e. The summed E-state index contributed by atoms with van der Waals surface area (Å²) < 4.78 is 16.6. The monoisotopic (exact) mass is 432 g/mol. The van der Waals surface area contributed by atoms with Gasteiger partial charge in [0.05, 0.1) is 0 Å². The number of unbranched alkanes of at least 4 members (excludes halogenated alkanes) is 1. The summed E-state index contributed by atoms with van der Waals surface area (Å²) in [4.78, 5) is 0. The van der Waals surface area contributed by atoms with Crippen LogP contribution in [0.25, 0.3) is 0 Å². The second-order valence-corrected chi connectivity index (χ2v) is 12.9. The van der Waals surface area contributed by atoms with Crippen LogP contribution in [0, 0.1) is 24.7 Å². The Balaban J connectivity index is 1.33. The summed E-state index contributed by atoms with van der Waals surface area (Å²) in [5.74, 6) is 3.73. The Labute approximate surface area is 186 Å². The van der Waals surface area contributed by atoms with Crippen molar-refractivity contribution in [3.63, 3.8) is 0 Å². The van der Waals surface area contributed by atoms with Crippen molar-refractivity contribution in [2.45, 2.75) is 89.5 Å². The van der Waals surface area contributed by atoms with E-state index in [1.807, 2.05) is 0 Å². The van der Waals surface area contributed by atoms with Crippen molar-refractivity contribution in [1.82, 2.24) is 0 Å². The molecule has 0 amide bonds. The highest BCUT2D eigenvalue weighted by Crippen LogP contribution is 2.44. The summed E-state index contributed by atoms with van der Waals surface area (Å²) in [6, 6.07) is 10.2. The highest BCUT2D eigenvalue weighted by molar-refractivity contribution is 6.60. The zero-order valence-corrected chi connectivity index (χ0v) is 20.8. The molecule has 0 saturated heterocycles. The van der Waals surface area contributed by atoms with Crippen LogP contribution in [0.1, 0.15) is 87.7 Å². The predicted molar refractivity (Wildman–Crippen MR) is 127 cm³/mol. The summed E-state index contributed by atoms with van der Waals surface area (Å²) in [5, 5.41) is 0. The van der Waals surface area contributed by atoms with E-state index in [2.05, 4.69) is 31.2 Å². The van der Waals surface area contributed by atoms with Gasteiger partial charge in [0.25, 0.3) is 0 Å². The molecule has 2 fully saturated rings. The molecule has 0 aromatic heterocycles. The van der Waals surface area contributed by atoms with Crippen molar-refractivity contribution < 1.29 is 13.3 Å². The van der Waals surface area contributed by atoms with Crippen LogP contribution in [0.5, 0.6) is 0 Å². The van der Waals surface area contributed by atoms with Gasteiger partial charge in [-0.3, -0.25) is 0 Å². The molecule has 3 nitrogen and oxygen atoms in total. The van der Waals surface area contributed by atoms with E-state index in [4.69, 9.17) is 13.3 Å². The fraction of sp³-hybridized carbons (Fsp3) is 0.769. The van der Waals surface area contributed by atoms with Gasteiger partial charge in [0.15, 0.2) is 0 Å². The molecule has 0 aliphatic heterocycles. The van der Waals surface area contributed by atoms with Crippen LogP contribution in [0.2, 0.25) is 6.04 Å². The second kappa shape index (κ2) is 11.8. The molecule has 2 aliphatic rings. The summed E-state index contributed by atoms with van der Waals surface area (Å²) in [7, 11) is 2.78. The zero-order valence-electron chi connectivity index (χ0n) is 19.8. The lowest BCUT2D eigenvalue weighted by Gasteiger charge is -2.38. The van der Waals surface area contributed by atoms with Gasteiger partial charge in [-0.05, 0) is 81.1 Å². The lowest BCUT2D eigenvalue weighted by atomic mass is 9.68. The number of hydrogen-bond acceptors (Lipinski definition) is 3. The number of benzene rings is 1. The minimum Gasteiger partial charge on any atom is -0.377 e. The third-order valence-corrected chi connectivity index (χ3v) is 11.0. The van der Waals surface area contributed by atoms with E-state index < -0.39 is 8.80 Å². The fourth-order valence-corrected chi connectivity index (χ4v) is 7.84. The molecule has 3 rings (SSSR count). The highest BCUT2D eigenvalue weighted by Gasteiger charge is 2.37. The van der Waals surface area contributed by atoms with Crippen LogP contribution in [-0.2, 0) is 13.3 Å². The van der Waals surface area contributed by atoms with Crippen molar-refractivity contribution in [3.8, 4) is 0 Å². The standard InChI is InChI=1S/C26H44O3Si/c1-21-8-12-23(13-9-21)25-16-18-26(19-17-25)24-14-10-22(11-15-24)7-5-6-20-30(27-2,28-3)29-4/h8-9,12-13,22,24-26H,5-7,10-11,14-20H2,1-4H3. The molecule has 0 radical (unpaired) electrons. The van der Waals surface area contributed by atoms with Gasteiger partial charge < -0.3 is 13.3 Å². The average Bonchev–Trinajstić information content (AvgIpc) is 2.81. The number of hydrogen-bond donors (Lipinski definition) is 0. The lowest BCUT2D eigenvalue weighted by Crippen LogP contribution is -2.42. The van der Waals surface area contributed by atoms with Gasteiger partial charge in [-0.2, -0.15) is 0 Å². The average molecular weight is 433 g/mol. The number of rotatable bonds is 10. The third-order valence-electron chi connectivity index (χ3n) is 8.16. The van der Waals surface area contributed by atoms with E-state index in [1.165, 1.54) is 69.8 Å². The van der Waals surface area contributed by atoms with Crippen LogP contribution in [-0.4, -0.2) is 30.1 Å². The normalized spacial score (nSPS) is 27.9. The van der Waals surface area contributed by atoms with Crippen LogP contribution in [0.4, 0.5) is 0 Å². The SMILES string of the molecule is CO[Si](CCCCC1CCC(C2CCC(c3ccc(C)cc3)CC2)CC1)(OC)OC. The smallest absolute Gasteiger partial charge is 0.377 e. The quantitative estimate of drug-likeness (QED) is 0.291. The van der Waals surface area contributed by atoms with E-state index >= 15 is 0 Å². The Morgan fingerprint density at radius 2 is 1.27 bits per heavy atom. The molecular formula is C26H44O3Si. The van der Waals surface area contributed by atoms with Gasteiger partial charge in [-0.1, -0.05) is 55.5 Å². The van der Waals surface area contributed by atoms with Gasteiger partial charge in [-0.15, -0.1) is 0 Å². The van der Waals surface area contributed by atoms with Gasteiger partial charge >= 0.3 is 8.80 Å². The van der Waals surface area contributed by atoms with Crippen molar-refractivity contribution in [3.05, 3.63) is 35.4 Å². The van der Waals surface area contributed by atoms with E-state index in [0.29, 0.717) is 0 Å². The van der Waals surface area contributed by atoms with Gasteiger partial charge in [0.1, 0.15) is 0 Å². The summed E-state index contributed by atoms with van der Waals surface area (Å²) in [6.07, 6.45) is 15.3. The first-order chi connectivity index (χ1) is 14.6. The predicted octanol–water partition coefficient (Wildman–Crippen LogP) is 7.12. The van der Waals surface area contributed by atoms with E-state index in [0.717, 1.165) is 36.1 Å². The Bertz CT molecular complexity index is 589. The molecule has 0 spiro atoms. The first-order valence-corrected chi connectivity index (χ1v) is 14.2. The zero-order chi connectivity index (χ0) is 21.4. The van der Waals surface area contributed by atoms with E-state index in [-0.39, 0.29) is 0 Å². The maximum absolute atomic E-state index is 5.54.